The van der Waals surface area contributed by atoms with Crippen LogP contribution in [0.3, 0.4) is 0 Å². The molecule has 1 saturated heterocycles. The van der Waals surface area contributed by atoms with Gasteiger partial charge in [-0.05, 0) is 36.2 Å². The van der Waals surface area contributed by atoms with Crippen molar-refractivity contribution < 1.29 is 14.1 Å². The van der Waals surface area contributed by atoms with Crippen LogP contribution in [-0.2, 0) is 18.7 Å². The maximum absolute atomic E-state index is 13.2. The summed E-state index contributed by atoms with van der Waals surface area (Å²) >= 11 is 1.52. The lowest BCUT2D eigenvalue weighted by Gasteiger charge is -2.35. The second-order valence-corrected chi connectivity index (χ2v) is 9.15. The van der Waals surface area contributed by atoms with E-state index >= 15 is 0 Å². The van der Waals surface area contributed by atoms with Gasteiger partial charge in [0.15, 0.2) is 0 Å². The van der Waals surface area contributed by atoms with Crippen molar-refractivity contribution in [2.24, 2.45) is 0 Å². The van der Waals surface area contributed by atoms with E-state index in [1.54, 1.807) is 6.20 Å². The van der Waals surface area contributed by atoms with Crippen molar-refractivity contribution >= 4 is 17.7 Å². The van der Waals surface area contributed by atoms with Gasteiger partial charge >= 0.3 is 0 Å². The molecular formula is C24H26N4O3S. The summed E-state index contributed by atoms with van der Waals surface area (Å²) in [6, 6.07) is 12.1. The molecule has 5 rings (SSSR count). The van der Waals surface area contributed by atoms with E-state index in [-0.39, 0.29) is 5.91 Å². The van der Waals surface area contributed by atoms with Gasteiger partial charge in [-0.3, -0.25) is 9.69 Å². The molecule has 2 aromatic heterocycles. The standard InChI is InChI=1S/C24H26N4O3S/c1-17-13-20(26-31-17)16-32-23-21(3-2-7-25-23)24(29)28-10-8-27(9-11-28)15-18-4-5-22-19(14-18)6-12-30-22/h2-5,7,13-14H,6,8-12,15-16H2,1H3. The highest BCUT2D eigenvalue weighted by Crippen LogP contribution is 2.27. The summed E-state index contributed by atoms with van der Waals surface area (Å²) in [4.78, 5) is 22.0. The maximum atomic E-state index is 13.2. The molecule has 0 atom stereocenters. The predicted octanol–water partition coefficient (Wildman–Crippen LogP) is 3.56. The molecule has 0 radical (unpaired) electrons. The van der Waals surface area contributed by atoms with Crippen molar-refractivity contribution in [1.29, 1.82) is 0 Å². The number of amides is 1. The van der Waals surface area contributed by atoms with Gasteiger partial charge in [-0.15, -0.1) is 0 Å². The maximum Gasteiger partial charge on any atom is 0.256 e. The Labute approximate surface area is 191 Å². The van der Waals surface area contributed by atoms with E-state index in [2.05, 4.69) is 33.2 Å². The van der Waals surface area contributed by atoms with Crippen LogP contribution in [0.15, 0.2) is 52.1 Å². The number of piperazine rings is 1. The first-order valence-electron chi connectivity index (χ1n) is 10.9. The number of thioether (sulfide) groups is 1. The molecule has 0 spiro atoms. The van der Waals surface area contributed by atoms with Crippen LogP contribution in [0.5, 0.6) is 5.75 Å². The summed E-state index contributed by atoms with van der Waals surface area (Å²) in [7, 11) is 0. The summed E-state index contributed by atoms with van der Waals surface area (Å²) in [5, 5.41) is 4.76. The molecule has 3 aromatic rings. The summed E-state index contributed by atoms with van der Waals surface area (Å²) in [6.07, 6.45) is 2.72. The molecule has 1 amide bonds. The van der Waals surface area contributed by atoms with Crippen molar-refractivity contribution in [2.45, 2.75) is 30.7 Å². The molecule has 4 heterocycles. The Morgan fingerprint density at radius 2 is 2.03 bits per heavy atom. The number of aromatic nitrogens is 2. The Kier molecular flexibility index (Phi) is 6.14. The summed E-state index contributed by atoms with van der Waals surface area (Å²) in [5.41, 5.74) is 4.12. The van der Waals surface area contributed by atoms with Crippen LogP contribution >= 0.6 is 11.8 Å². The third-order valence-electron chi connectivity index (χ3n) is 5.85. The van der Waals surface area contributed by atoms with Gasteiger partial charge in [0.25, 0.3) is 5.91 Å². The van der Waals surface area contributed by atoms with Crippen molar-refractivity contribution in [3.05, 3.63) is 70.7 Å². The minimum absolute atomic E-state index is 0.0475. The second kappa shape index (κ2) is 9.34. The summed E-state index contributed by atoms with van der Waals surface area (Å²) in [6.45, 7) is 6.71. The fraction of sp³-hybridized carbons (Fsp3) is 0.375. The smallest absolute Gasteiger partial charge is 0.256 e. The molecule has 2 aliphatic heterocycles. The van der Waals surface area contributed by atoms with Crippen molar-refractivity contribution in [3.8, 4) is 5.75 Å². The van der Waals surface area contributed by atoms with Gasteiger partial charge in [-0.25, -0.2) is 4.98 Å². The highest BCUT2D eigenvalue weighted by Gasteiger charge is 2.25. The van der Waals surface area contributed by atoms with E-state index in [0.717, 1.165) is 54.9 Å². The van der Waals surface area contributed by atoms with Gasteiger partial charge in [0.2, 0.25) is 0 Å². The number of hydrogen-bond donors (Lipinski definition) is 0. The lowest BCUT2D eigenvalue weighted by molar-refractivity contribution is 0.0624. The number of nitrogens with zero attached hydrogens (tertiary/aromatic N) is 4. The highest BCUT2D eigenvalue weighted by atomic mass is 32.2. The predicted molar refractivity (Wildman–Crippen MR) is 122 cm³/mol. The van der Waals surface area contributed by atoms with Crippen LogP contribution in [-0.4, -0.2) is 58.6 Å². The Morgan fingerprint density at radius 3 is 2.84 bits per heavy atom. The number of rotatable bonds is 6. The fourth-order valence-corrected chi connectivity index (χ4v) is 5.04. The zero-order valence-electron chi connectivity index (χ0n) is 18.1. The monoisotopic (exact) mass is 450 g/mol. The lowest BCUT2D eigenvalue weighted by atomic mass is 10.1. The molecule has 7 nitrogen and oxygen atoms in total. The zero-order chi connectivity index (χ0) is 21.9. The molecule has 0 bridgehead atoms. The van der Waals surface area contributed by atoms with E-state index in [9.17, 15) is 4.79 Å². The van der Waals surface area contributed by atoms with E-state index in [0.29, 0.717) is 24.4 Å². The first-order chi connectivity index (χ1) is 15.7. The van der Waals surface area contributed by atoms with Crippen LogP contribution < -0.4 is 4.74 Å². The number of fused-ring (bicyclic) bond motifs is 1. The Hall–Kier alpha value is -2.84. The minimum Gasteiger partial charge on any atom is -0.493 e. The topological polar surface area (TPSA) is 71.7 Å². The van der Waals surface area contributed by atoms with Gasteiger partial charge in [0.1, 0.15) is 16.5 Å². The van der Waals surface area contributed by atoms with E-state index in [4.69, 9.17) is 9.26 Å². The minimum atomic E-state index is 0.0475. The quantitative estimate of drug-likeness (QED) is 0.532. The summed E-state index contributed by atoms with van der Waals surface area (Å²) in [5.74, 6) is 2.47. The van der Waals surface area contributed by atoms with Gasteiger partial charge in [-0.1, -0.05) is 29.1 Å². The average molecular weight is 451 g/mol. The molecule has 8 heteroatoms. The number of aryl methyl sites for hydroxylation is 1. The molecule has 1 fully saturated rings. The zero-order valence-corrected chi connectivity index (χ0v) is 18.9. The average Bonchev–Trinajstić information content (AvgIpc) is 3.46. The van der Waals surface area contributed by atoms with Gasteiger partial charge in [-0.2, -0.15) is 0 Å². The largest absolute Gasteiger partial charge is 0.493 e. The number of benzene rings is 1. The number of ether oxygens (including phenoxy) is 1. The SMILES string of the molecule is Cc1cc(CSc2ncccc2C(=O)N2CCN(Cc3ccc4c(c3)CCO4)CC2)no1. The van der Waals surface area contributed by atoms with E-state index in [1.807, 2.05) is 30.0 Å². The molecular weight excluding hydrogens is 424 g/mol. The number of carbonyl (C=O) groups is 1. The van der Waals surface area contributed by atoms with Crippen molar-refractivity contribution in [1.82, 2.24) is 19.9 Å². The van der Waals surface area contributed by atoms with Crippen LogP contribution in [0.1, 0.15) is 32.9 Å². The van der Waals surface area contributed by atoms with Gasteiger partial charge < -0.3 is 14.2 Å². The normalized spacial score (nSPS) is 16.1. The Bertz CT molecular complexity index is 1110. The molecule has 2 aliphatic rings. The number of pyridine rings is 1. The van der Waals surface area contributed by atoms with Gasteiger partial charge in [0, 0.05) is 57.2 Å². The molecule has 0 aliphatic carbocycles. The lowest BCUT2D eigenvalue weighted by Crippen LogP contribution is -2.48. The fourth-order valence-electron chi connectivity index (χ4n) is 4.17. The third kappa shape index (κ3) is 4.66. The Morgan fingerprint density at radius 1 is 1.16 bits per heavy atom. The third-order valence-corrected chi connectivity index (χ3v) is 6.89. The first kappa shape index (κ1) is 21.0. The van der Waals surface area contributed by atoms with E-state index in [1.165, 1.54) is 22.9 Å². The van der Waals surface area contributed by atoms with Crippen LogP contribution in [0.2, 0.25) is 0 Å². The van der Waals surface area contributed by atoms with Crippen LogP contribution in [0.4, 0.5) is 0 Å². The molecule has 0 N–H and O–H groups in total. The molecule has 1 aromatic carbocycles. The van der Waals surface area contributed by atoms with Crippen molar-refractivity contribution in [3.63, 3.8) is 0 Å². The second-order valence-electron chi connectivity index (χ2n) is 8.18. The Balaban J connectivity index is 1.18. The molecule has 166 valence electrons. The number of hydrogen-bond acceptors (Lipinski definition) is 7. The molecule has 0 saturated carbocycles. The summed E-state index contributed by atoms with van der Waals surface area (Å²) < 4.78 is 10.7. The molecule has 0 unspecified atom stereocenters. The van der Waals surface area contributed by atoms with Crippen LogP contribution in [0.25, 0.3) is 0 Å². The van der Waals surface area contributed by atoms with E-state index < -0.39 is 0 Å². The number of carbonyl (C=O) groups excluding carboxylic acids is 1. The van der Waals surface area contributed by atoms with Crippen molar-refractivity contribution in [2.75, 3.05) is 32.8 Å². The van der Waals surface area contributed by atoms with Crippen LogP contribution in [0, 0.1) is 6.92 Å². The van der Waals surface area contributed by atoms with Gasteiger partial charge in [0.05, 0.1) is 17.9 Å². The molecule has 32 heavy (non-hydrogen) atoms. The highest BCUT2D eigenvalue weighted by molar-refractivity contribution is 7.98. The first-order valence-corrected chi connectivity index (χ1v) is 11.9.